The summed E-state index contributed by atoms with van der Waals surface area (Å²) < 4.78 is 11.0. The molecule has 1 aliphatic heterocycles. The van der Waals surface area contributed by atoms with Crippen LogP contribution in [-0.4, -0.2) is 42.7 Å². The summed E-state index contributed by atoms with van der Waals surface area (Å²) in [6, 6.07) is 5.22. The Morgan fingerprint density at radius 3 is 2.68 bits per heavy atom. The van der Waals surface area contributed by atoms with E-state index in [1.807, 2.05) is 0 Å². The van der Waals surface area contributed by atoms with E-state index in [9.17, 15) is 9.90 Å². The highest BCUT2D eigenvalue weighted by Crippen LogP contribution is 2.32. The van der Waals surface area contributed by atoms with Crippen molar-refractivity contribution in [2.45, 2.75) is 25.6 Å². The quantitative estimate of drug-likeness (QED) is 0.893. The molecule has 1 aliphatic rings. The number of benzene rings is 1. The van der Waals surface area contributed by atoms with Gasteiger partial charge in [-0.1, -0.05) is 6.07 Å². The Bertz CT molecular complexity index is 473. The minimum atomic E-state index is -0.567. The average molecular weight is 265 g/mol. The van der Waals surface area contributed by atoms with Crippen molar-refractivity contribution in [1.29, 1.82) is 0 Å². The third-order valence-corrected chi connectivity index (χ3v) is 3.32. The van der Waals surface area contributed by atoms with Crippen LogP contribution in [0.4, 0.5) is 0 Å². The molecular weight excluding hydrogens is 246 g/mol. The molecule has 0 spiro atoms. The topological polar surface area (TPSA) is 59.0 Å². The molecule has 0 aliphatic carbocycles. The standard InChI is InChI=1S/C14H19NO4/c1-9(16)10-4-5-11(13(8-10)18-3)19-12-6-7-15(2)14(12)17/h4-5,8-9,12,16H,6-7H2,1-3H3/t9-,12?/m0/s1. The predicted octanol–water partition coefficient (Wildman–Crippen LogP) is 1.36. The van der Waals surface area contributed by atoms with Gasteiger partial charge in [0.15, 0.2) is 17.6 Å². The van der Waals surface area contributed by atoms with Gasteiger partial charge in [0.25, 0.3) is 5.91 Å². The highest BCUT2D eigenvalue weighted by molar-refractivity contribution is 5.83. The van der Waals surface area contributed by atoms with Crippen LogP contribution in [0.25, 0.3) is 0 Å². The summed E-state index contributed by atoms with van der Waals surface area (Å²) in [5, 5.41) is 9.54. The monoisotopic (exact) mass is 265 g/mol. The summed E-state index contributed by atoms with van der Waals surface area (Å²) >= 11 is 0. The minimum absolute atomic E-state index is 0.0124. The van der Waals surface area contributed by atoms with Gasteiger partial charge in [-0.15, -0.1) is 0 Å². The van der Waals surface area contributed by atoms with Crippen molar-refractivity contribution >= 4 is 5.91 Å². The maximum Gasteiger partial charge on any atom is 0.263 e. The van der Waals surface area contributed by atoms with Crippen LogP contribution in [0.2, 0.25) is 0 Å². The predicted molar refractivity (Wildman–Crippen MR) is 70.3 cm³/mol. The number of ether oxygens (including phenoxy) is 2. The molecule has 0 bridgehead atoms. The maximum absolute atomic E-state index is 11.8. The Morgan fingerprint density at radius 2 is 2.16 bits per heavy atom. The zero-order chi connectivity index (χ0) is 14.0. The number of carbonyl (C=O) groups excluding carboxylic acids is 1. The van der Waals surface area contributed by atoms with Crippen molar-refractivity contribution in [1.82, 2.24) is 4.90 Å². The van der Waals surface area contributed by atoms with E-state index in [1.165, 1.54) is 7.11 Å². The summed E-state index contributed by atoms with van der Waals surface area (Å²) in [5.41, 5.74) is 0.749. The smallest absolute Gasteiger partial charge is 0.263 e. The molecule has 1 heterocycles. The average Bonchev–Trinajstić information content (AvgIpc) is 2.71. The van der Waals surface area contributed by atoms with Crippen molar-refractivity contribution in [2.75, 3.05) is 20.7 Å². The second kappa shape index (κ2) is 5.48. The first-order valence-corrected chi connectivity index (χ1v) is 6.30. The second-order valence-electron chi connectivity index (χ2n) is 4.74. The molecular formula is C14H19NO4. The largest absolute Gasteiger partial charge is 0.493 e. The summed E-state index contributed by atoms with van der Waals surface area (Å²) in [7, 11) is 3.30. The molecule has 0 aromatic heterocycles. The van der Waals surface area contributed by atoms with E-state index in [0.717, 1.165) is 5.56 Å². The van der Waals surface area contributed by atoms with Crippen molar-refractivity contribution in [2.24, 2.45) is 0 Å². The molecule has 1 aromatic rings. The molecule has 19 heavy (non-hydrogen) atoms. The van der Waals surface area contributed by atoms with Gasteiger partial charge in [-0.25, -0.2) is 0 Å². The fourth-order valence-corrected chi connectivity index (χ4v) is 2.09. The van der Waals surface area contributed by atoms with Crippen molar-refractivity contribution in [3.63, 3.8) is 0 Å². The Balaban J connectivity index is 2.18. The van der Waals surface area contributed by atoms with E-state index >= 15 is 0 Å². The Kier molecular flexibility index (Phi) is 3.95. The number of amides is 1. The number of likely N-dealkylation sites (N-methyl/N-ethyl adjacent to an activating group) is 1. The van der Waals surface area contributed by atoms with Crippen LogP contribution >= 0.6 is 0 Å². The van der Waals surface area contributed by atoms with Gasteiger partial charge in [-0.2, -0.15) is 0 Å². The van der Waals surface area contributed by atoms with Gasteiger partial charge in [0.2, 0.25) is 0 Å². The lowest BCUT2D eigenvalue weighted by Gasteiger charge is -2.16. The van der Waals surface area contributed by atoms with Gasteiger partial charge >= 0.3 is 0 Å². The zero-order valence-electron chi connectivity index (χ0n) is 11.4. The maximum atomic E-state index is 11.8. The molecule has 1 fully saturated rings. The summed E-state index contributed by atoms with van der Waals surface area (Å²) in [5.74, 6) is 1.04. The van der Waals surface area contributed by atoms with E-state index < -0.39 is 12.2 Å². The lowest BCUT2D eigenvalue weighted by molar-refractivity contribution is -0.132. The summed E-state index contributed by atoms with van der Waals surface area (Å²) in [6.07, 6.45) is -0.338. The Morgan fingerprint density at radius 1 is 1.42 bits per heavy atom. The van der Waals surface area contributed by atoms with E-state index in [-0.39, 0.29) is 5.91 Å². The zero-order valence-corrected chi connectivity index (χ0v) is 11.4. The van der Waals surface area contributed by atoms with E-state index in [1.54, 1.807) is 37.1 Å². The van der Waals surface area contributed by atoms with Gasteiger partial charge in [0.05, 0.1) is 13.2 Å². The Labute approximate surface area is 112 Å². The number of hydrogen-bond donors (Lipinski definition) is 1. The number of carbonyl (C=O) groups is 1. The number of hydrogen-bond acceptors (Lipinski definition) is 4. The van der Waals surface area contributed by atoms with E-state index in [0.29, 0.717) is 24.5 Å². The molecule has 1 aromatic carbocycles. The lowest BCUT2D eigenvalue weighted by Crippen LogP contribution is -2.29. The molecule has 1 unspecified atom stereocenters. The molecule has 0 radical (unpaired) electrons. The molecule has 2 atom stereocenters. The minimum Gasteiger partial charge on any atom is -0.493 e. The third-order valence-electron chi connectivity index (χ3n) is 3.32. The van der Waals surface area contributed by atoms with Gasteiger partial charge in [-0.3, -0.25) is 4.79 Å². The number of methoxy groups -OCH3 is 1. The van der Waals surface area contributed by atoms with Crippen molar-refractivity contribution in [3.8, 4) is 11.5 Å². The van der Waals surface area contributed by atoms with Gasteiger partial charge in [-0.05, 0) is 24.6 Å². The van der Waals surface area contributed by atoms with Crippen LogP contribution in [0.5, 0.6) is 11.5 Å². The van der Waals surface area contributed by atoms with Crippen LogP contribution in [0.3, 0.4) is 0 Å². The van der Waals surface area contributed by atoms with Gasteiger partial charge < -0.3 is 19.5 Å². The molecule has 5 nitrogen and oxygen atoms in total. The molecule has 2 rings (SSSR count). The summed E-state index contributed by atoms with van der Waals surface area (Å²) in [4.78, 5) is 13.5. The highest BCUT2D eigenvalue weighted by atomic mass is 16.5. The first kappa shape index (κ1) is 13.7. The van der Waals surface area contributed by atoms with Gasteiger partial charge in [0.1, 0.15) is 0 Å². The number of rotatable bonds is 4. The first-order chi connectivity index (χ1) is 9.02. The number of aliphatic hydroxyl groups is 1. The normalized spacial score (nSPS) is 20.5. The van der Waals surface area contributed by atoms with E-state index in [2.05, 4.69) is 0 Å². The molecule has 1 saturated heterocycles. The Hall–Kier alpha value is -1.75. The van der Waals surface area contributed by atoms with Crippen LogP contribution in [0.15, 0.2) is 18.2 Å². The van der Waals surface area contributed by atoms with Crippen molar-refractivity contribution < 1.29 is 19.4 Å². The fourth-order valence-electron chi connectivity index (χ4n) is 2.09. The van der Waals surface area contributed by atoms with Crippen LogP contribution < -0.4 is 9.47 Å². The fraction of sp³-hybridized carbons (Fsp3) is 0.500. The van der Waals surface area contributed by atoms with Gasteiger partial charge in [0, 0.05) is 20.0 Å². The SMILES string of the molecule is COc1cc([C@H](C)O)ccc1OC1CCN(C)C1=O. The third kappa shape index (κ3) is 2.81. The van der Waals surface area contributed by atoms with Crippen LogP contribution in [0, 0.1) is 0 Å². The molecule has 1 N–H and O–H groups in total. The van der Waals surface area contributed by atoms with Crippen LogP contribution in [0.1, 0.15) is 25.0 Å². The molecule has 1 amide bonds. The number of aliphatic hydroxyl groups excluding tert-OH is 1. The van der Waals surface area contributed by atoms with E-state index in [4.69, 9.17) is 9.47 Å². The second-order valence-corrected chi connectivity index (χ2v) is 4.74. The number of likely N-dealkylation sites (tertiary alicyclic amines) is 1. The first-order valence-electron chi connectivity index (χ1n) is 6.30. The van der Waals surface area contributed by atoms with Crippen LogP contribution in [-0.2, 0) is 4.79 Å². The van der Waals surface area contributed by atoms with Crippen molar-refractivity contribution in [3.05, 3.63) is 23.8 Å². The number of nitrogens with zero attached hydrogens (tertiary/aromatic N) is 1. The molecule has 104 valence electrons. The lowest BCUT2D eigenvalue weighted by atomic mass is 10.1. The molecule has 0 saturated carbocycles. The highest BCUT2D eigenvalue weighted by Gasteiger charge is 2.31. The molecule has 5 heteroatoms. The summed E-state index contributed by atoms with van der Waals surface area (Å²) in [6.45, 7) is 2.39.